The summed E-state index contributed by atoms with van der Waals surface area (Å²) in [4.78, 5) is 6.59. The van der Waals surface area contributed by atoms with Gasteiger partial charge in [-0.3, -0.25) is 4.98 Å². The molecule has 1 aliphatic heterocycles. The molecule has 1 unspecified atom stereocenters. The van der Waals surface area contributed by atoms with Crippen LogP contribution in [0, 0.1) is 6.92 Å². The summed E-state index contributed by atoms with van der Waals surface area (Å²) in [6.45, 7) is 6.75. The summed E-state index contributed by atoms with van der Waals surface area (Å²) in [7, 11) is -0.0893. The van der Waals surface area contributed by atoms with Crippen LogP contribution >= 0.6 is 7.92 Å². The number of hydrogen-bond acceptors (Lipinski definition) is 3. The highest BCUT2D eigenvalue weighted by Gasteiger charge is 2.26. The maximum Gasteiger partial charge on any atom is 0.159 e. The van der Waals surface area contributed by atoms with Crippen molar-refractivity contribution in [2.24, 2.45) is 0 Å². The van der Waals surface area contributed by atoms with E-state index in [1.807, 2.05) is 12.3 Å². The van der Waals surface area contributed by atoms with Crippen LogP contribution in [0.1, 0.15) is 12.5 Å². The number of fused-ring (bicyclic) bond motifs is 3. The fourth-order valence-corrected chi connectivity index (χ4v) is 4.16. The number of nitrogens with zero attached hydrogens (tertiary/aromatic N) is 2. The second-order valence-corrected chi connectivity index (χ2v) is 7.96. The lowest BCUT2D eigenvalue weighted by Gasteiger charge is -2.26. The molecule has 1 aromatic carbocycles. The van der Waals surface area contributed by atoms with Gasteiger partial charge in [-0.2, -0.15) is 0 Å². The quantitative estimate of drug-likeness (QED) is 0.589. The number of anilines is 1. The summed E-state index contributed by atoms with van der Waals surface area (Å²) in [5.41, 5.74) is 4.32. The first-order valence-electron chi connectivity index (χ1n) is 7.11. The third-order valence-corrected chi connectivity index (χ3v) is 6.36. The summed E-state index contributed by atoms with van der Waals surface area (Å²) in [5.74, 6) is 2.83. The molecule has 2 atom stereocenters. The van der Waals surface area contributed by atoms with Crippen LogP contribution in [0.2, 0.25) is 0 Å². The van der Waals surface area contributed by atoms with E-state index in [-0.39, 0.29) is 7.92 Å². The zero-order valence-electron chi connectivity index (χ0n) is 12.4. The van der Waals surface area contributed by atoms with Gasteiger partial charge in [0, 0.05) is 29.4 Å². The third-order valence-electron chi connectivity index (χ3n) is 4.33. The second-order valence-electron chi connectivity index (χ2n) is 5.58. The van der Waals surface area contributed by atoms with Gasteiger partial charge in [0.2, 0.25) is 0 Å². The largest absolute Gasteiger partial charge is 0.454 e. The average molecular weight is 296 g/mol. The number of furan rings is 1. The van der Waals surface area contributed by atoms with Crippen LogP contribution in [0.25, 0.3) is 21.9 Å². The molecule has 3 nitrogen and oxygen atoms in total. The minimum absolute atomic E-state index is 0.0893. The molecule has 0 bridgehead atoms. The fourth-order valence-electron chi connectivity index (χ4n) is 2.97. The van der Waals surface area contributed by atoms with Crippen molar-refractivity contribution in [3.8, 4) is 0 Å². The molecule has 0 saturated carbocycles. The van der Waals surface area contributed by atoms with Gasteiger partial charge in [-0.1, -0.05) is 20.1 Å². The maximum absolute atomic E-state index is 6.15. The highest BCUT2D eigenvalue weighted by molar-refractivity contribution is 7.61. The van der Waals surface area contributed by atoms with E-state index in [2.05, 4.69) is 54.5 Å². The predicted octanol–water partition coefficient (Wildman–Crippen LogP) is 5.04. The Morgan fingerprint density at radius 3 is 2.86 bits per heavy atom. The molecule has 0 aliphatic carbocycles. The molecule has 0 radical (unpaired) electrons. The van der Waals surface area contributed by atoms with E-state index in [4.69, 9.17) is 4.42 Å². The summed E-state index contributed by atoms with van der Waals surface area (Å²) < 4.78 is 6.15. The van der Waals surface area contributed by atoms with Crippen molar-refractivity contribution in [1.29, 1.82) is 0 Å². The number of aromatic nitrogens is 1. The van der Waals surface area contributed by atoms with Crippen LogP contribution < -0.4 is 4.90 Å². The Kier molecular flexibility index (Phi) is 2.80. The van der Waals surface area contributed by atoms with E-state index < -0.39 is 0 Å². The Bertz CT molecular complexity index is 868. The molecular weight excluding hydrogens is 279 g/mol. The van der Waals surface area contributed by atoms with Crippen molar-refractivity contribution >= 4 is 35.5 Å². The molecule has 0 amide bonds. The number of rotatable bonds is 1. The lowest BCUT2D eigenvalue weighted by atomic mass is 10.1. The minimum Gasteiger partial charge on any atom is -0.454 e. The highest BCUT2D eigenvalue weighted by Crippen LogP contribution is 2.49. The van der Waals surface area contributed by atoms with Crippen molar-refractivity contribution in [3.05, 3.63) is 48.2 Å². The Balaban J connectivity index is 2.04. The summed E-state index contributed by atoms with van der Waals surface area (Å²) in [6, 6.07) is 6.25. The number of aryl methyl sites for hydroxylation is 1. The van der Waals surface area contributed by atoms with Crippen molar-refractivity contribution in [3.63, 3.8) is 0 Å². The molecule has 4 rings (SSSR count). The van der Waals surface area contributed by atoms with Crippen molar-refractivity contribution in [2.75, 3.05) is 11.6 Å². The van der Waals surface area contributed by atoms with E-state index in [1.54, 1.807) is 6.20 Å². The van der Waals surface area contributed by atoms with E-state index in [0.717, 1.165) is 21.9 Å². The topological polar surface area (TPSA) is 29.3 Å². The lowest BCUT2D eigenvalue weighted by Crippen LogP contribution is -2.22. The van der Waals surface area contributed by atoms with Crippen LogP contribution in [-0.2, 0) is 0 Å². The van der Waals surface area contributed by atoms with Gasteiger partial charge in [0.15, 0.2) is 5.58 Å². The first kappa shape index (κ1) is 12.8. The molecule has 2 aromatic heterocycles. The maximum atomic E-state index is 6.15. The molecule has 4 heteroatoms. The van der Waals surface area contributed by atoms with Crippen LogP contribution in [-0.4, -0.2) is 17.4 Å². The van der Waals surface area contributed by atoms with Gasteiger partial charge in [0.05, 0.1) is 11.5 Å². The van der Waals surface area contributed by atoms with E-state index in [9.17, 15) is 0 Å². The van der Waals surface area contributed by atoms with Gasteiger partial charge in [-0.25, -0.2) is 0 Å². The molecule has 0 spiro atoms. The summed E-state index contributed by atoms with van der Waals surface area (Å²) >= 11 is 0. The van der Waals surface area contributed by atoms with Crippen molar-refractivity contribution in [2.45, 2.75) is 19.6 Å². The molecule has 106 valence electrons. The smallest absolute Gasteiger partial charge is 0.159 e. The molecule has 0 fully saturated rings. The standard InChI is InChI=1S/C17H17N2OP/c1-11-4-5-13-14-10-18-7-6-15(14)20-17(13)16(11)19-8-9-21(3)12(19)2/h4-10,12H,1-3H3/t12-,21?/m1/s1. The van der Waals surface area contributed by atoms with Crippen LogP contribution in [0.3, 0.4) is 0 Å². The van der Waals surface area contributed by atoms with Crippen LogP contribution in [0.15, 0.2) is 47.0 Å². The zero-order valence-corrected chi connectivity index (χ0v) is 13.3. The highest BCUT2D eigenvalue weighted by atomic mass is 31.1. The minimum atomic E-state index is -0.0893. The van der Waals surface area contributed by atoms with Gasteiger partial charge in [-0.15, -0.1) is 0 Å². The third kappa shape index (κ3) is 1.81. The Morgan fingerprint density at radius 1 is 1.24 bits per heavy atom. The van der Waals surface area contributed by atoms with Gasteiger partial charge >= 0.3 is 0 Å². The van der Waals surface area contributed by atoms with Gasteiger partial charge in [0.1, 0.15) is 5.58 Å². The Labute approximate surface area is 125 Å². The first-order chi connectivity index (χ1) is 10.2. The molecule has 21 heavy (non-hydrogen) atoms. The molecule has 0 N–H and O–H groups in total. The normalized spacial score (nSPS) is 21.8. The molecular formula is C17H17N2OP. The molecule has 0 saturated heterocycles. The van der Waals surface area contributed by atoms with E-state index in [0.29, 0.717) is 5.78 Å². The van der Waals surface area contributed by atoms with Gasteiger partial charge < -0.3 is 9.32 Å². The number of hydrogen-bond donors (Lipinski definition) is 0. The molecule has 3 heterocycles. The van der Waals surface area contributed by atoms with Gasteiger partial charge in [0.25, 0.3) is 0 Å². The lowest BCUT2D eigenvalue weighted by molar-refractivity contribution is 0.666. The van der Waals surface area contributed by atoms with Crippen LogP contribution in [0.5, 0.6) is 0 Å². The number of pyridine rings is 1. The monoisotopic (exact) mass is 296 g/mol. The fraction of sp³-hybridized carbons (Fsp3) is 0.235. The average Bonchev–Trinajstić information content (AvgIpc) is 3.01. The Hall–Kier alpha value is -1.86. The zero-order chi connectivity index (χ0) is 14.6. The number of benzene rings is 1. The Morgan fingerprint density at radius 2 is 2.10 bits per heavy atom. The second kappa shape index (κ2) is 4.57. The summed E-state index contributed by atoms with van der Waals surface area (Å²) in [6.07, 6.45) is 5.88. The summed E-state index contributed by atoms with van der Waals surface area (Å²) in [5, 5.41) is 2.23. The van der Waals surface area contributed by atoms with Crippen molar-refractivity contribution in [1.82, 2.24) is 4.98 Å². The van der Waals surface area contributed by atoms with Crippen LogP contribution in [0.4, 0.5) is 5.69 Å². The van der Waals surface area contributed by atoms with Crippen molar-refractivity contribution < 1.29 is 4.42 Å². The molecule has 1 aliphatic rings. The first-order valence-corrected chi connectivity index (χ1v) is 9.04. The van der Waals surface area contributed by atoms with Gasteiger partial charge in [-0.05, 0) is 38.0 Å². The predicted molar refractivity (Wildman–Crippen MR) is 90.2 cm³/mol. The van der Waals surface area contributed by atoms with E-state index in [1.165, 1.54) is 11.3 Å². The van der Waals surface area contributed by atoms with E-state index >= 15 is 0 Å². The molecule has 3 aromatic rings. The SMILES string of the molecule is Cc1ccc2c(oc3ccncc32)c1N1C=CP(C)[C@@H]1C.